The van der Waals surface area contributed by atoms with Crippen LogP contribution in [0.25, 0.3) is 0 Å². The molecule has 5 heteroatoms. The molecule has 1 unspecified atom stereocenters. The monoisotopic (exact) mass is 755 g/mol. The Hall–Kier alpha value is -2.40. The van der Waals surface area contributed by atoms with Gasteiger partial charge in [-0.25, -0.2) is 0 Å². The standard InChI is InChI=1S/C49H86O5/c1-3-5-7-9-11-13-15-17-19-20-21-22-23-24-25-26-27-28-30-32-34-36-38-40-42-44-49(52)54-47(45-50)46-53-48(51)43-41-39-37-35-33-31-29-18-16-14-12-10-8-6-4-2/h12,14-15,17-18,20-21,23-24,29,47,50H,3-11,13,16,19,22,25-28,30-46H2,1-2H3/b14-12-,17-15-,21-20-,24-23-,29-18-. The molecule has 0 aliphatic rings. The zero-order chi connectivity index (χ0) is 39.3. The second-order valence-electron chi connectivity index (χ2n) is 15.1. The van der Waals surface area contributed by atoms with Gasteiger partial charge in [-0.15, -0.1) is 0 Å². The molecule has 0 radical (unpaired) electrons. The fourth-order valence-electron chi connectivity index (χ4n) is 6.30. The zero-order valence-electron chi connectivity index (χ0n) is 35.5. The molecule has 0 spiro atoms. The van der Waals surface area contributed by atoms with Crippen LogP contribution in [0.2, 0.25) is 0 Å². The summed E-state index contributed by atoms with van der Waals surface area (Å²) in [5.41, 5.74) is 0. The van der Waals surface area contributed by atoms with Gasteiger partial charge in [0.15, 0.2) is 6.10 Å². The summed E-state index contributed by atoms with van der Waals surface area (Å²) in [5.74, 6) is -0.611. The lowest BCUT2D eigenvalue weighted by atomic mass is 10.0. The van der Waals surface area contributed by atoms with Crippen LogP contribution in [0.1, 0.15) is 219 Å². The predicted octanol–water partition coefficient (Wildman–Crippen LogP) is 14.7. The maximum Gasteiger partial charge on any atom is 0.306 e. The molecule has 0 fully saturated rings. The van der Waals surface area contributed by atoms with Crippen LogP contribution in [0.5, 0.6) is 0 Å². The summed E-state index contributed by atoms with van der Waals surface area (Å²) in [7, 11) is 0. The van der Waals surface area contributed by atoms with Gasteiger partial charge < -0.3 is 14.6 Å². The third kappa shape index (κ3) is 42.3. The van der Waals surface area contributed by atoms with Gasteiger partial charge in [0.25, 0.3) is 0 Å². The van der Waals surface area contributed by atoms with Gasteiger partial charge in [-0.1, -0.05) is 184 Å². The second kappa shape index (κ2) is 45.0. The maximum atomic E-state index is 12.2. The van der Waals surface area contributed by atoms with Crippen molar-refractivity contribution < 1.29 is 24.2 Å². The van der Waals surface area contributed by atoms with E-state index in [4.69, 9.17) is 9.47 Å². The summed E-state index contributed by atoms with van der Waals surface area (Å²) in [6.45, 7) is 4.09. The highest BCUT2D eigenvalue weighted by atomic mass is 16.6. The van der Waals surface area contributed by atoms with Crippen molar-refractivity contribution in [2.24, 2.45) is 0 Å². The van der Waals surface area contributed by atoms with E-state index >= 15 is 0 Å². The lowest BCUT2D eigenvalue weighted by Gasteiger charge is -2.15. The van der Waals surface area contributed by atoms with E-state index in [0.29, 0.717) is 12.8 Å². The first-order valence-electron chi connectivity index (χ1n) is 22.8. The van der Waals surface area contributed by atoms with Gasteiger partial charge >= 0.3 is 11.9 Å². The summed E-state index contributed by atoms with van der Waals surface area (Å²) < 4.78 is 10.6. The number of rotatable bonds is 41. The van der Waals surface area contributed by atoms with Crippen LogP contribution in [0.15, 0.2) is 60.8 Å². The summed E-state index contributed by atoms with van der Waals surface area (Å²) in [5, 5.41) is 9.59. The third-order valence-electron chi connectivity index (χ3n) is 9.78. The van der Waals surface area contributed by atoms with Crippen molar-refractivity contribution in [3.8, 4) is 0 Å². The molecule has 1 atom stereocenters. The van der Waals surface area contributed by atoms with E-state index < -0.39 is 6.10 Å². The van der Waals surface area contributed by atoms with Crippen LogP contribution in [0, 0.1) is 0 Å². The summed E-state index contributed by atoms with van der Waals surface area (Å²) in [6, 6.07) is 0. The number of allylic oxidation sites excluding steroid dienone is 10. The number of hydrogen-bond donors (Lipinski definition) is 1. The van der Waals surface area contributed by atoms with Gasteiger partial charge in [0.2, 0.25) is 0 Å². The van der Waals surface area contributed by atoms with Crippen LogP contribution in [-0.2, 0) is 19.1 Å². The number of carbonyl (C=O) groups excluding carboxylic acids is 2. The van der Waals surface area contributed by atoms with Crippen molar-refractivity contribution in [1.29, 1.82) is 0 Å². The number of carbonyl (C=O) groups is 2. The molecule has 0 saturated carbocycles. The van der Waals surface area contributed by atoms with Crippen molar-refractivity contribution in [2.75, 3.05) is 13.2 Å². The molecular formula is C49H86O5. The average Bonchev–Trinajstić information content (AvgIpc) is 3.17. The Morgan fingerprint density at radius 1 is 0.426 bits per heavy atom. The molecule has 54 heavy (non-hydrogen) atoms. The van der Waals surface area contributed by atoms with Crippen LogP contribution < -0.4 is 0 Å². The van der Waals surface area contributed by atoms with Gasteiger partial charge in [0, 0.05) is 12.8 Å². The first-order chi connectivity index (χ1) is 26.6. The molecule has 0 amide bonds. The number of aliphatic hydroxyl groups is 1. The van der Waals surface area contributed by atoms with Crippen LogP contribution in [0.4, 0.5) is 0 Å². The van der Waals surface area contributed by atoms with E-state index in [1.165, 1.54) is 128 Å². The van der Waals surface area contributed by atoms with Gasteiger partial charge in [-0.2, -0.15) is 0 Å². The SMILES string of the molecule is CCCCC/C=C\C/C=C\CCCCCCCC(=O)OCC(CO)OC(=O)CCCCCCCCCCCC/C=C\C/C=C\C/C=C\CCCCCCC. The molecule has 0 aromatic carbocycles. The van der Waals surface area contributed by atoms with E-state index in [0.717, 1.165) is 64.2 Å². The number of hydrogen-bond acceptors (Lipinski definition) is 5. The topological polar surface area (TPSA) is 72.8 Å². The Kier molecular flexibility index (Phi) is 43.0. The first kappa shape index (κ1) is 51.6. The normalized spacial score (nSPS) is 12.7. The molecule has 5 nitrogen and oxygen atoms in total. The zero-order valence-corrected chi connectivity index (χ0v) is 35.5. The van der Waals surface area contributed by atoms with Crippen molar-refractivity contribution in [3.05, 3.63) is 60.8 Å². The summed E-state index contributed by atoms with van der Waals surface area (Å²) in [6.07, 6.45) is 58.6. The maximum absolute atomic E-state index is 12.2. The van der Waals surface area contributed by atoms with E-state index in [9.17, 15) is 14.7 Å². The number of aliphatic hydroxyl groups excluding tert-OH is 1. The van der Waals surface area contributed by atoms with Crippen LogP contribution in [-0.4, -0.2) is 36.4 Å². The van der Waals surface area contributed by atoms with Crippen molar-refractivity contribution in [2.45, 2.75) is 225 Å². The van der Waals surface area contributed by atoms with E-state index in [-0.39, 0.29) is 25.2 Å². The first-order valence-corrected chi connectivity index (χ1v) is 22.8. The molecule has 0 bridgehead atoms. The smallest absolute Gasteiger partial charge is 0.306 e. The number of esters is 2. The Balaban J connectivity index is 3.55. The van der Waals surface area contributed by atoms with Crippen molar-refractivity contribution in [3.63, 3.8) is 0 Å². The lowest BCUT2D eigenvalue weighted by molar-refractivity contribution is -0.161. The van der Waals surface area contributed by atoms with Crippen molar-refractivity contribution >= 4 is 11.9 Å². The van der Waals surface area contributed by atoms with Crippen molar-refractivity contribution in [1.82, 2.24) is 0 Å². The fraction of sp³-hybridized carbons (Fsp3) is 0.755. The summed E-state index contributed by atoms with van der Waals surface area (Å²) >= 11 is 0. The highest BCUT2D eigenvalue weighted by Crippen LogP contribution is 2.14. The third-order valence-corrected chi connectivity index (χ3v) is 9.78. The minimum atomic E-state index is -0.781. The Morgan fingerprint density at radius 3 is 1.15 bits per heavy atom. The summed E-state index contributed by atoms with van der Waals surface area (Å²) in [4.78, 5) is 24.3. The van der Waals surface area contributed by atoms with E-state index in [1.54, 1.807) is 0 Å². The molecular weight excluding hydrogens is 669 g/mol. The molecule has 0 heterocycles. The quantitative estimate of drug-likeness (QED) is 0.0382. The predicted molar refractivity (Wildman–Crippen MR) is 233 cm³/mol. The Bertz CT molecular complexity index is 946. The molecule has 0 saturated heterocycles. The van der Waals surface area contributed by atoms with E-state index in [2.05, 4.69) is 74.6 Å². The molecule has 0 aliphatic heterocycles. The van der Waals surface area contributed by atoms with Gasteiger partial charge in [0.05, 0.1) is 6.61 Å². The fourth-order valence-corrected chi connectivity index (χ4v) is 6.30. The molecule has 0 aromatic rings. The van der Waals surface area contributed by atoms with Crippen LogP contribution >= 0.6 is 0 Å². The number of unbranched alkanes of at least 4 members (excludes halogenated alkanes) is 23. The average molecular weight is 755 g/mol. The van der Waals surface area contributed by atoms with Gasteiger partial charge in [-0.05, 0) is 83.5 Å². The van der Waals surface area contributed by atoms with E-state index in [1.807, 2.05) is 0 Å². The highest BCUT2D eigenvalue weighted by Gasteiger charge is 2.16. The Morgan fingerprint density at radius 2 is 0.741 bits per heavy atom. The largest absolute Gasteiger partial charge is 0.462 e. The Labute approximate surface area is 334 Å². The van der Waals surface area contributed by atoms with Gasteiger partial charge in [-0.3, -0.25) is 9.59 Å². The molecule has 312 valence electrons. The van der Waals surface area contributed by atoms with Gasteiger partial charge in [0.1, 0.15) is 6.61 Å². The second-order valence-corrected chi connectivity index (χ2v) is 15.1. The number of ether oxygens (including phenoxy) is 2. The minimum Gasteiger partial charge on any atom is -0.462 e. The lowest BCUT2D eigenvalue weighted by Crippen LogP contribution is -2.28. The molecule has 0 aromatic heterocycles. The van der Waals surface area contributed by atoms with Crippen LogP contribution in [0.3, 0.4) is 0 Å². The molecule has 1 N–H and O–H groups in total. The minimum absolute atomic E-state index is 0.0761. The highest BCUT2D eigenvalue weighted by molar-refractivity contribution is 5.70. The molecule has 0 aliphatic carbocycles. The molecule has 0 rings (SSSR count).